The summed E-state index contributed by atoms with van der Waals surface area (Å²) in [6, 6.07) is 41.6. The van der Waals surface area contributed by atoms with Crippen molar-refractivity contribution in [1.82, 2.24) is 19.6 Å². The summed E-state index contributed by atoms with van der Waals surface area (Å²) in [6.45, 7) is 4.48. The first-order valence-corrected chi connectivity index (χ1v) is 18.5. The van der Waals surface area contributed by atoms with E-state index in [9.17, 15) is 19.5 Å². The molecular formula is C41H42N4O4S. The van der Waals surface area contributed by atoms with Gasteiger partial charge in [0.05, 0.1) is 21.9 Å². The lowest BCUT2D eigenvalue weighted by atomic mass is 9.96. The highest BCUT2D eigenvalue weighted by atomic mass is 32.2. The van der Waals surface area contributed by atoms with Crippen LogP contribution in [-0.4, -0.2) is 94.2 Å². The third-order valence-electron chi connectivity index (χ3n) is 9.89. The molecule has 0 spiro atoms. The van der Waals surface area contributed by atoms with E-state index in [0.29, 0.717) is 57.3 Å². The van der Waals surface area contributed by atoms with E-state index in [0.717, 1.165) is 0 Å². The Kier molecular flexibility index (Phi) is 10.3. The molecule has 0 bridgehead atoms. The number of benzene rings is 4. The number of piperazine rings is 2. The Hall–Kier alpha value is -4.96. The maximum atomic E-state index is 14.2. The number of nitrogens with zero attached hydrogens (tertiary/aromatic N) is 4. The van der Waals surface area contributed by atoms with Gasteiger partial charge in [0, 0.05) is 52.4 Å². The lowest BCUT2D eigenvalue weighted by Gasteiger charge is -2.42. The molecule has 256 valence electrons. The van der Waals surface area contributed by atoms with Gasteiger partial charge in [0.15, 0.2) is 0 Å². The van der Waals surface area contributed by atoms with Gasteiger partial charge in [0.25, 0.3) is 11.1 Å². The Bertz CT molecular complexity index is 1780. The molecule has 2 amide bonds. The van der Waals surface area contributed by atoms with Gasteiger partial charge in [-0.05, 0) is 34.4 Å². The largest absolute Gasteiger partial charge is 0.477 e. The van der Waals surface area contributed by atoms with Crippen LogP contribution in [-0.2, 0) is 9.59 Å². The second-order valence-corrected chi connectivity index (χ2v) is 14.8. The molecule has 0 saturated carbocycles. The summed E-state index contributed by atoms with van der Waals surface area (Å²) < 4.78 is 0. The second kappa shape index (κ2) is 15.3. The predicted octanol–water partition coefficient (Wildman–Crippen LogP) is 6.31. The van der Waals surface area contributed by atoms with Gasteiger partial charge >= 0.3 is 5.97 Å². The highest BCUT2D eigenvalue weighted by molar-refractivity contribution is 8.37. The van der Waals surface area contributed by atoms with Crippen LogP contribution in [0.3, 0.4) is 0 Å². The minimum absolute atomic E-state index is 0.0223. The van der Waals surface area contributed by atoms with E-state index in [1.165, 1.54) is 28.3 Å². The summed E-state index contributed by atoms with van der Waals surface area (Å²) in [5.41, 5.74) is 4.76. The molecule has 1 unspecified atom stereocenters. The van der Waals surface area contributed by atoms with Gasteiger partial charge in [0.2, 0.25) is 0 Å². The molecular weight excluding hydrogens is 645 g/mol. The average Bonchev–Trinajstić information content (AvgIpc) is 3.63. The molecule has 3 heterocycles. The summed E-state index contributed by atoms with van der Waals surface area (Å²) in [7, 11) is -1.99. The number of allylic oxidation sites excluding steroid dienone is 2. The Labute approximate surface area is 296 Å². The number of hydrogen-bond donors (Lipinski definition) is 2. The Morgan fingerprint density at radius 3 is 1.18 bits per heavy atom. The number of rotatable bonds is 8. The van der Waals surface area contributed by atoms with Crippen molar-refractivity contribution in [2.75, 3.05) is 52.4 Å². The van der Waals surface area contributed by atoms with Crippen LogP contribution < -0.4 is 0 Å². The molecule has 1 N–H and O–H groups in total. The molecule has 2 fully saturated rings. The molecule has 9 heteroatoms. The van der Waals surface area contributed by atoms with Crippen molar-refractivity contribution in [1.29, 1.82) is 0 Å². The Morgan fingerprint density at radius 2 is 0.820 bits per heavy atom. The highest BCUT2D eigenvalue weighted by Crippen LogP contribution is 2.50. The zero-order valence-corrected chi connectivity index (χ0v) is 28.8. The van der Waals surface area contributed by atoms with Gasteiger partial charge in [-0.15, -0.1) is 10.9 Å². The van der Waals surface area contributed by atoms with E-state index in [1.807, 2.05) is 48.5 Å². The van der Waals surface area contributed by atoms with Crippen molar-refractivity contribution in [3.8, 4) is 0 Å². The van der Waals surface area contributed by atoms with Gasteiger partial charge in [-0.2, -0.15) is 0 Å². The van der Waals surface area contributed by atoms with E-state index < -0.39 is 16.9 Å². The first-order chi connectivity index (χ1) is 24.5. The first-order valence-electron chi connectivity index (χ1n) is 17.2. The lowest BCUT2D eigenvalue weighted by molar-refractivity contribution is -0.131. The van der Waals surface area contributed by atoms with Crippen LogP contribution >= 0.6 is 10.9 Å². The normalized spacial score (nSPS) is 19.4. The standard InChI is InChI=1S/C41H42N4O4S/c46-39(44-27-23-42(24-28-44)37(31-13-5-1-6-14-31)32-15-7-2-8-16-32)35-21-22-36(40(47)48)50(35)41(49)45-29-25-43(26-30-45)38(33-17-9-3-10-18-33)34-19-11-4-12-20-34/h1-22,37-38,50H,23-30H2,(H,47,48). The van der Waals surface area contributed by atoms with Crippen LogP contribution in [0.25, 0.3) is 0 Å². The number of hydrogen-bond acceptors (Lipinski definition) is 5. The van der Waals surface area contributed by atoms with E-state index in [4.69, 9.17) is 0 Å². The fourth-order valence-corrected chi connectivity index (χ4v) is 9.53. The molecule has 0 aliphatic carbocycles. The van der Waals surface area contributed by atoms with Crippen molar-refractivity contribution >= 4 is 28.0 Å². The first kappa shape index (κ1) is 33.5. The van der Waals surface area contributed by atoms with E-state index in [2.05, 4.69) is 82.6 Å². The smallest absolute Gasteiger partial charge is 0.341 e. The van der Waals surface area contributed by atoms with Crippen molar-refractivity contribution in [3.63, 3.8) is 0 Å². The summed E-state index contributed by atoms with van der Waals surface area (Å²) in [4.78, 5) is 49.3. The van der Waals surface area contributed by atoms with E-state index >= 15 is 0 Å². The number of carbonyl (C=O) groups excluding carboxylic acids is 2. The van der Waals surface area contributed by atoms with Crippen molar-refractivity contribution in [3.05, 3.63) is 166 Å². The maximum absolute atomic E-state index is 14.2. The molecule has 3 aliphatic heterocycles. The van der Waals surface area contributed by atoms with Gasteiger partial charge in [-0.3, -0.25) is 19.4 Å². The quantitative estimate of drug-likeness (QED) is 0.212. The summed E-state index contributed by atoms with van der Waals surface area (Å²) in [5.74, 6) is -1.38. The molecule has 0 radical (unpaired) electrons. The lowest BCUT2D eigenvalue weighted by Crippen LogP contribution is -2.51. The molecule has 3 aliphatic rings. The van der Waals surface area contributed by atoms with Gasteiger partial charge in [-0.25, -0.2) is 4.79 Å². The molecule has 8 nitrogen and oxygen atoms in total. The SMILES string of the molecule is O=C(O)C1=CC=C(C(=O)N2CCN(C(c3ccccc3)c3ccccc3)CC2)[SH]1C(=O)N1CCN(C(c2ccccc2)c2ccccc2)CC1. The third-order valence-corrected chi connectivity index (χ3v) is 12.2. The van der Waals surface area contributed by atoms with Crippen molar-refractivity contribution < 1.29 is 19.5 Å². The van der Waals surface area contributed by atoms with Crippen LogP contribution in [0.5, 0.6) is 0 Å². The molecule has 7 rings (SSSR count). The minimum atomic E-state index is -1.99. The molecule has 4 aromatic rings. The Morgan fingerprint density at radius 1 is 0.480 bits per heavy atom. The summed E-state index contributed by atoms with van der Waals surface area (Å²) in [5, 5.41) is 9.87. The fourth-order valence-electron chi connectivity index (χ4n) is 7.40. The van der Waals surface area contributed by atoms with Crippen LogP contribution in [0.2, 0.25) is 0 Å². The molecule has 4 aromatic carbocycles. The molecule has 0 aromatic heterocycles. The number of carboxylic acids is 1. The topological polar surface area (TPSA) is 84.4 Å². The van der Waals surface area contributed by atoms with E-state index in [1.54, 1.807) is 15.9 Å². The summed E-state index contributed by atoms with van der Waals surface area (Å²) >= 11 is 0. The van der Waals surface area contributed by atoms with Crippen LogP contribution in [0.4, 0.5) is 4.79 Å². The van der Waals surface area contributed by atoms with Crippen LogP contribution in [0.1, 0.15) is 34.3 Å². The maximum Gasteiger partial charge on any atom is 0.341 e. The average molecular weight is 687 g/mol. The molecule has 2 saturated heterocycles. The van der Waals surface area contributed by atoms with Crippen LogP contribution in [0.15, 0.2) is 143 Å². The van der Waals surface area contributed by atoms with Gasteiger partial charge in [-0.1, -0.05) is 121 Å². The monoisotopic (exact) mass is 686 g/mol. The number of amides is 2. The van der Waals surface area contributed by atoms with Crippen molar-refractivity contribution in [2.24, 2.45) is 0 Å². The zero-order chi connectivity index (χ0) is 34.5. The number of thiol groups is 1. The number of aliphatic carboxylic acids is 1. The minimum Gasteiger partial charge on any atom is -0.477 e. The molecule has 50 heavy (non-hydrogen) atoms. The Balaban J connectivity index is 1.03. The highest BCUT2D eigenvalue weighted by Gasteiger charge is 2.40. The molecule has 1 atom stereocenters. The van der Waals surface area contributed by atoms with Crippen molar-refractivity contribution in [2.45, 2.75) is 12.1 Å². The van der Waals surface area contributed by atoms with Gasteiger partial charge < -0.3 is 14.9 Å². The number of carbonyl (C=O) groups is 3. The van der Waals surface area contributed by atoms with Crippen LogP contribution in [0, 0.1) is 0 Å². The fraction of sp³-hybridized carbons (Fsp3) is 0.244. The number of carboxylic acid groups (broad SMARTS) is 1. The summed E-state index contributed by atoms with van der Waals surface area (Å²) in [6.07, 6.45) is 3.04. The van der Waals surface area contributed by atoms with E-state index in [-0.39, 0.29) is 28.1 Å². The predicted molar refractivity (Wildman–Crippen MR) is 199 cm³/mol. The zero-order valence-electron chi connectivity index (χ0n) is 27.9. The second-order valence-electron chi connectivity index (χ2n) is 12.8. The van der Waals surface area contributed by atoms with Gasteiger partial charge in [0.1, 0.15) is 0 Å². The third kappa shape index (κ3) is 7.03.